The zero-order valence-corrected chi connectivity index (χ0v) is 13.6. The van der Waals surface area contributed by atoms with Crippen LogP contribution in [-0.4, -0.2) is 26.8 Å². The molecule has 1 aromatic carbocycles. The second-order valence-electron chi connectivity index (χ2n) is 5.82. The molecule has 24 heavy (non-hydrogen) atoms. The Balaban J connectivity index is 1.33. The molecule has 0 spiro atoms. The molecule has 2 amide bonds. The number of hydrogen-bond acceptors (Lipinski definition) is 4. The van der Waals surface area contributed by atoms with Gasteiger partial charge in [0, 0.05) is 16.0 Å². The maximum atomic E-state index is 13.2. The van der Waals surface area contributed by atoms with E-state index in [9.17, 15) is 9.18 Å². The molecule has 4 rings (SSSR count). The Labute approximate surface area is 141 Å². The molecule has 124 valence electrons. The number of hydrogen-bond donors (Lipinski definition) is 2. The topological polar surface area (TPSA) is 71.8 Å². The van der Waals surface area contributed by atoms with Gasteiger partial charge in [0.25, 0.3) is 0 Å². The second-order valence-corrected chi connectivity index (χ2v) is 6.98. The number of carbonyl (C=O) groups excluding carboxylic acids is 1. The van der Waals surface area contributed by atoms with Crippen LogP contribution in [0.25, 0.3) is 10.1 Å². The molecule has 0 fully saturated rings. The van der Waals surface area contributed by atoms with Gasteiger partial charge in [-0.1, -0.05) is 0 Å². The van der Waals surface area contributed by atoms with E-state index >= 15 is 0 Å². The van der Waals surface area contributed by atoms with E-state index in [-0.39, 0.29) is 17.9 Å². The maximum absolute atomic E-state index is 13.2. The fourth-order valence-corrected chi connectivity index (χ4v) is 3.90. The van der Waals surface area contributed by atoms with Crippen LogP contribution in [0.5, 0.6) is 0 Å². The van der Waals surface area contributed by atoms with Crippen LogP contribution in [-0.2, 0) is 19.5 Å². The Morgan fingerprint density at radius 3 is 3.25 bits per heavy atom. The standard InChI is InChI=1S/C16H16FN5OS/c17-11-1-3-14-10(5-11)6-13(24-14)7-18-16(23)21-12-2-4-15-19-9-20-22(15)8-12/h1,3,5-6,9,12H,2,4,7-8H2,(H2,18,21,23)/t12-/m1/s1. The van der Waals surface area contributed by atoms with Crippen molar-refractivity contribution in [2.24, 2.45) is 0 Å². The Bertz CT molecular complexity index is 890. The van der Waals surface area contributed by atoms with Crippen molar-refractivity contribution in [1.82, 2.24) is 25.4 Å². The molecule has 8 heteroatoms. The first kappa shape index (κ1) is 15.1. The maximum Gasteiger partial charge on any atom is 0.315 e. The number of urea groups is 1. The molecule has 2 aromatic heterocycles. The van der Waals surface area contributed by atoms with Gasteiger partial charge in [-0.2, -0.15) is 5.10 Å². The van der Waals surface area contributed by atoms with Crippen LogP contribution in [0.2, 0.25) is 0 Å². The van der Waals surface area contributed by atoms with E-state index in [1.807, 2.05) is 10.7 Å². The molecule has 0 aliphatic carbocycles. The third-order valence-electron chi connectivity index (χ3n) is 4.09. The highest BCUT2D eigenvalue weighted by Crippen LogP contribution is 2.26. The van der Waals surface area contributed by atoms with Gasteiger partial charge >= 0.3 is 6.03 Å². The van der Waals surface area contributed by atoms with Gasteiger partial charge in [0.2, 0.25) is 0 Å². The number of thiophene rings is 1. The fraction of sp³-hybridized carbons (Fsp3) is 0.312. The summed E-state index contributed by atoms with van der Waals surface area (Å²) in [5.74, 6) is 0.716. The van der Waals surface area contributed by atoms with Gasteiger partial charge < -0.3 is 10.6 Å². The van der Waals surface area contributed by atoms with E-state index in [1.54, 1.807) is 23.7 Å². The SMILES string of the molecule is O=C(NCc1cc2cc(F)ccc2s1)N[C@@H]1CCc2ncnn2C1. The number of amides is 2. The molecular weight excluding hydrogens is 329 g/mol. The molecule has 6 nitrogen and oxygen atoms in total. The minimum absolute atomic E-state index is 0.0516. The van der Waals surface area contributed by atoms with Crippen molar-refractivity contribution in [2.75, 3.05) is 0 Å². The van der Waals surface area contributed by atoms with Crippen molar-refractivity contribution in [3.05, 3.63) is 47.1 Å². The Hall–Kier alpha value is -2.48. The quantitative estimate of drug-likeness (QED) is 0.766. The summed E-state index contributed by atoms with van der Waals surface area (Å²) in [5, 5.41) is 10.8. The first-order valence-corrected chi connectivity index (χ1v) is 8.58. The summed E-state index contributed by atoms with van der Waals surface area (Å²) in [6.45, 7) is 1.07. The van der Waals surface area contributed by atoms with E-state index in [0.29, 0.717) is 13.1 Å². The lowest BCUT2D eigenvalue weighted by Gasteiger charge is -2.23. The summed E-state index contributed by atoms with van der Waals surface area (Å²) in [5.41, 5.74) is 0. The van der Waals surface area contributed by atoms with Crippen LogP contribution < -0.4 is 10.6 Å². The van der Waals surface area contributed by atoms with Crippen molar-refractivity contribution in [2.45, 2.75) is 32.0 Å². The van der Waals surface area contributed by atoms with Crippen molar-refractivity contribution in [3.8, 4) is 0 Å². The molecular formula is C16H16FN5OS. The van der Waals surface area contributed by atoms with Crippen molar-refractivity contribution in [3.63, 3.8) is 0 Å². The third kappa shape index (κ3) is 3.09. The van der Waals surface area contributed by atoms with Gasteiger partial charge in [0.1, 0.15) is 18.0 Å². The Morgan fingerprint density at radius 1 is 1.42 bits per heavy atom. The summed E-state index contributed by atoms with van der Waals surface area (Å²) >= 11 is 1.55. The molecule has 0 saturated carbocycles. The molecule has 1 aliphatic rings. The highest BCUT2D eigenvalue weighted by Gasteiger charge is 2.21. The molecule has 0 saturated heterocycles. The summed E-state index contributed by atoms with van der Waals surface area (Å²) in [4.78, 5) is 17.2. The molecule has 0 bridgehead atoms. The molecule has 0 unspecified atom stereocenters. The summed E-state index contributed by atoms with van der Waals surface area (Å²) in [6, 6.07) is 6.47. The molecule has 3 aromatic rings. The van der Waals surface area contributed by atoms with Crippen LogP contribution in [0.4, 0.5) is 9.18 Å². The number of nitrogens with zero attached hydrogens (tertiary/aromatic N) is 3. The molecule has 0 radical (unpaired) electrons. The van der Waals surface area contributed by atoms with Crippen LogP contribution in [0.15, 0.2) is 30.6 Å². The number of aryl methyl sites for hydroxylation is 1. The fourth-order valence-electron chi connectivity index (χ4n) is 2.92. The lowest BCUT2D eigenvalue weighted by molar-refractivity contribution is 0.231. The number of aromatic nitrogens is 3. The van der Waals surface area contributed by atoms with Crippen LogP contribution in [0.3, 0.4) is 0 Å². The van der Waals surface area contributed by atoms with Gasteiger partial charge in [-0.3, -0.25) is 0 Å². The Kier molecular flexibility index (Phi) is 3.89. The van der Waals surface area contributed by atoms with E-state index < -0.39 is 0 Å². The van der Waals surface area contributed by atoms with E-state index in [1.165, 1.54) is 12.1 Å². The zero-order chi connectivity index (χ0) is 16.5. The number of nitrogens with one attached hydrogen (secondary N) is 2. The third-order valence-corrected chi connectivity index (χ3v) is 5.21. The first-order valence-electron chi connectivity index (χ1n) is 7.76. The predicted molar refractivity (Wildman–Crippen MR) is 89.3 cm³/mol. The van der Waals surface area contributed by atoms with Crippen molar-refractivity contribution < 1.29 is 9.18 Å². The van der Waals surface area contributed by atoms with Crippen molar-refractivity contribution in [1.29, 1.82) is 0 Å². The summed E-state index contributed by atoms with van der Waals surface area (Å²) < 4.78 is 16.1. The minimum Gasteiger partial charge on any atom is -0.334 e. The zero-order valence-electron chi connectivity index (χ0n) is 12.8. The lowest BCUT2D eigenvalue weighted by atomic mass is 10.1. The number of rotatable bonds is 3. The van der Waals surface area contributed by atoms with Crippen LogP contribution in [0.1, 0.15) is 17.1 Å². The number of halogens is 1. The monoisotopic (exact) mass is 345 g/mol. The van der Waals surface area contributed by atoms with Crippen LogP contribution >= 0.6 is 11.3 Å². The van der Waals surface area contributed by atoms with Gasteiger partial charge in [-0.05, 0) is 36.1 Å². The minimum atomic E-state index is -0.248. The van der Waals surface area contributed by atoms with E-state index in [0.717, 1.165) is 33.6 Å². The number of benzene rings is 1. The normalized spacial score (nSPS) is 16.8. The number of carbonyl (C=O) groups is 1. The largest absolute Gasteiger partial charge is 0.334 e. The summed E-state index contributed by atoms with van der Waals surface area (Å²) in [7, 11) is 0. The highest BCUT2D eigenvalue weighted by molar-refractivity contribution is 7.19. The summed E-state index contributed by atoms with van der Waals surface area (Å²) in [6.07, 6.45) is 3.21. The second kappa shape index (κ2) is 6.20. The van der Waals surface area contributed by atoms with Gasteiger partial charge in [0.05, 0.1) is 19.1 Å². The average Bonchev–Trinajstić information content (AvgIpc) is 3.18. The number of fused-ring (bicyclic) bond motifs is 2. The average molecular weight is 345 g/mol. The first-order chi connectivity index (χ1) is 11.7. The predicted octanol–water partition coefficient (Wildman–Crippen LogP) is 2.45. The molecule has 3 heterocycles. The van der Waals surface area contributed by atoms with Gasteiger partial charge in [-0.25, -0.2) is 18.9 Å². The molecule has 1 atom stereocenters. The Morgan fingerprint density at radius 2 is 2.33 bits per heavy atom. The molecule has 2 N–H and O–H groups in total. The van der Waals surface area contributed by atoms with Crippen LogP contribution in [0, 0.1) is 5.82 Å². The highest BCUT2D eigenvalue weighted by atomic mass is 32.1. The van der Waals surface area contributed by atoms with Crippen molar-refractivity contribution >= 4 is 27.5 Å². The van der Waals surface area contributed by atoms with E-state index in [4.69, 9.17) is 0 Å². The van der Waals surface area contributed by atoms with E-state index in [2.05, 4.69) is 20.7 Å². The van der Waals surface area contributed by atoms with Gasteiger partial charge in [-0.15, -0.1) is 11.3 Å². The van der Waals surface area contributed by atoms with Gasteiger partial charge in [0.15, 0.2) is 0 Å². The smallest absolute Gasteiger partial charge is 0.315 e. The lowest BCUT2D eigenvalue weighted by Crippen LogP contribution is -2.45. The molecule has 1 aliphatic heterocycles.